The van der Waals surface area contributed by atoms with Gasteiger partial charge in [0.25, 0.3) is 0 Å². The molecule has 0 spiro atoms. The Morgan fingerprint density at radius 3 is 0.798 bits per heavy atom. The van der Waals surface area contributed by atoms with Crippen LogP contribution in [0.1, 0.15) is 326 Å². The van der Waals surface area contributed by atoms with Crippen molar-refractivity contribution in [3.05, 3.63) is 36.6 Å². The van der Waals surface area contributed by atoms with E-state index < -0.39 is 22.4 Å². The number of hydrogen-bond donors (Lipinski definition) is 6. The van der Waals surface area contributed by atoms with Crippen molar-refractivity contribution in [2.24, 2.45) is 164 Å². The van der Waals surface area contributed by atoms with Crippen LogP contribution in [0.15, 0.2) is 36.6 Å². The van der Waals surface area contributed by atoms with Crippen LogP contribution in [0.5, 0.6) is 0 Å². The molecule has 0 unspecified atom stereocenters. The average Bonchev–Trinajstić information content (AvgIpc) is 1.53. The van der Waals surface area contributed by atoms with Crippen LogP contribution < -0.4 is 0 Å². The number of likely N-dealkylation sites (tertiary alicyclic amines) is 2. The summed E-state index contributed by atoms with van der Waals surface area (Å²) >= 11 is 0. The number of piperazine rings is 2. The second kappa shape index (κ2) is 37.0. The predicted octanol–water partition coefficient (Wildman–Crippen LogP) is 18.5. The number of piperidine rings is 2. The summed E-state index contributed by atoms with van der Waals surface area (Å²) in [7, 11) is 0. The van der Waals surface area contributed by atoms with Gasteiger partial charge in [-0.25, -0.2) is 0 Å². The Labute approximate surface area is 753 Å². The lowest BCUT2D eigenvalue weighted by molar-refractivity contribution is -0.135. The molecule has 15 nitrogen and oxygen atoms in total. The van der Waals surface area contributed by atoms with E-state index in [0.29, 0.717) is 53.2 Å². The van der Waals surface area contributed by atoms with Gasteiger partial charge in [0.05, 0.1) is 47.7 Å². The van der Waals surface area contributed by atoms with E-state index in [0.717, 1.165) is 300 Å². The smallest absolute Gasteiger partial charge is 0.219 e. The summed E-state index contributed by atoms with van der Waals surface area (Å²) in [5, 5.41) is 62.1. The van der Waals surface area contributed by atoms with Crippen LogP contribution in [0.25, 0.3) is 0 Å². The van der Waals surface area contributed by atoms with Crippen LogP contribution in [-0.2, 0) is 14.4 Å². The molecule has 15 heteroatoms. The zero-order chi connectivity index (χ0) is 87.5. The van der Waals surface area contributed by atoms with Crippen LogP contribution in [0.3, 0.4) is 0 Å². The predicted molar refractivity (Wildman–Crippen MR) is 498 cm³/mol. The van der Waals surface area contributed by atoms with E-state index in [1.165, 1.54) is 178 Å². The van der Waals surface area contributed by atoms with Gasteiger partial charge in [-0.1, -0.05) is 58.6 Å². The van der Waals surface area contributed by atoms with E-state index in [1.807, 2.05) is 11.8 Å². The summed E-state index contributed by atoms with van der Waals surface area (Å²) in [6.45, 7) is 50.1. The molecule has 20 fully saturated rings. The first kappa shape index (κ1) is 93.2. The minimum absolute atomic E-state index is 0.0863. The number of rotatable bonds is 13. The summed E-state index contributed by atoms with van der Waals surface area (Å²) in [6, 6.07) is 0. The largest absolute Gasteiger partial charge is 0.393 e. The van der Waals surface area contributed by atoms with Gasteiger partial charge in [0, 0.05) is 116 Å². The first-order chi connectivity index (χ1) is 58.9. The van der Waals surface area contributed by atoms with Crippen molar-refractivity contribution in [2.75, 3.05) is 105 Å². The average molecular weight is 1720 g/mol. The highest BCUT2D eigenvalue weighted by atomic mass is 16.3. The Morgan fingerprint density at radius 1 is 0.274 bits per heavy atom. The van der Waals surface area contributed by atoms with Crippen LogP contribution in [-0.4, -0.2) is 217 Å². The first-order valence-electron chi connectivity index (χ1n) is 53.1. The number of aliphatic hydroxyl groups is 6. The molecule has 16 saturated carbocycles. The molecule has 0 aromatic heterocycles. The Kier molecular flexibility index (Phi) is 27.8. The SMILES string of the molecule is C=C(C)N1CCN(CC(=O)[C@H]2CC[C@H]3[C@@H]4CC[C@H]5C[C@](C)(O)CC[C@@H]5[C@H]4CC[C@]23C)CC1.C=C(CN1CCC(O)CC1)[C@H]1CC[C@H]2[C@@H]3CC[C@@H]4C[C@](C)(O)CC[C@@H]4[C@H]3CC[C@]12C.C=C(CN1CCC(O)CC1)[C@H]1CC[C@H]2[C@@H]3CC[C@H]4C[C@](C)(O)CC[C@@H]4[C@H]3CC[C@]12C.CC(=O)N1CCN(CC(=O)[C@H]2CC[C@H]3[C@@H]4CC[C@@H]5C[C@](C)(O)CC[C@@H]5[C@H]4CC[C@]23C)CC1. The molecule has 1 amide bonds. The zero-order valence-electron chi connectivity index (χ0n) is 80.3. The number of ketones is 2. The lowest BCUT2D eigenvalue weighted by Crippen LogP contribution is -2.52. The van der Waals surface area contributed by atoms with Gasteiger partial charge in [-0.15, -0.1) is 0 Å². The maximum Gasteiger partial charge on any atom is 0.219 e. The van der Waals surface area contributed by atoms with Crippen LogP contribution in [0.4, 0.5) is 0 Å². The Balaban J connectivity index is 0.000000117. The standard InChI is InChI=1S/C28H46N2O2.C27H44N2O3.2C27H45NO2/c1-19(2)30-15-13-29(14-16-30)18-26(31)25-8-7-24-23-6-5-20-17-27(3,32)11-9-21(20)22(23)10-12-28(24,25)4;1-18(30)29-14-12-28(13-15-29)17-25(31)24-7-6-23-22-5-4-19-16-26(2,32)10-8-20(19)21(22)9-11-27(23,24)3;2*1-18(17-28-14-10-20(29)11-15-28)24-6-7-25-23-5-4-19-16-26(2,30)12-8-21(19)22(23)9-13-27(24,25)3/h20-25,32H,1,5-18H2,2-4H3;19-24,32H,4-17H2,1-3H3;2*19-25,29-30H,1,4-17H2,2-3H3/t20-,21-,22+,23+,24-,25+,27+,28-;19-,20+,21-,22-,23+,24-,26-,27+;19-,21+,22-,23-,24-,25+,26-,27-;19-,21-,22+,23+,24+,25-,26+,27+/m0110/s1. The topological polar surface area (TPSA) is 192 Å². The second-order valence-electron chi connectivity index (χ2n) is 50.4. The van der Waals surface area contributed by atoms with Crippen molar-refractivity contribution >= 4 is 17.5 Å². The second-order valence-corrected chi connectivity index (χ2v) is 50.4. The highest BCUT2D eigenvalue weighted by Gasteiger charge is 2.64. The number of allylic oxidation sites excluding steroid dienone is 1. The molecule has 32 atom stereocenters. The van der Waals surface area contributed by atoms with Crippen molar-refractivity contribution < 1.29 is 45.0 Å². The van der Waals surface area contributed by atoms with Crippen LogP contribution in [0, 0.1) is 164 Å². The number of Topliss-reactive ketones (excluding diaryl/α,β-unsaturated/α-hetero) is 2. The fourth-order valence-corrected chi connectivity index (χ4v) is 36.8. The van der Waals surface area contributed by atoms with Crippen molar-refractivity contribution in [1.29, 1.82) is 0 Å². The number of carbonyl (C=O) groups is 3. The van der Waals surface area contributed by atoms with Crippen molar-refractivity contribution in [1.82, 2.24) is 29.4 Å². The number of nitrogens with zero attached hydrogens (tertiary/aromatic N) is 6. The molecule has 20 aliphatic rings. The van der Waals surface area contributed by atoms with Crippen LogP contribution >= 0.6 is 0 Å². The van der Waals surface area contributed by atoms with Gasteiger partial charge in [-0.2, -0.15) is 0 Å². The third-order valence-electron chi connectivity index (χ3n) is 43.2. The van der Waals surface area contributed by atoms with Gasteiger partial charge < -0.3 is 40.4 Å². The van der Waals surface area contributed by atoms with Crippen molar-refractivity contribution in [3.63, 3.8) is 0 Å². The maximum atomic E-state index is 13.5. The summed E-state index contributed by atoms with van der Waals surface area (Å²) in [6.07, 6.45) is 48.3. The summed E-state index contributed by atoms with van der Waals surface area (Å²) in [4.78, 5) is 52.6. The van der Waals surface area contributed by atoms with E-state index >= 15 is 0 Å². The molecular weight excluding hydrogens is 1540 g/mol. The Hall–Kier alpha value is -2.57. The molecule has 4 heterocycles. The summed E-state index contributed by atoms with van der Waals surface area (Å²) < 4.78 is 0. The highest BCUT2D eigenvalue weighted by Crippen LogP contribution is 2.71. The number of carbonyl (C=O) groups excluding carboxylic acids is 3. The van der Waals surface area contributed by atoms with Gasteiger partial charge in [-0.3, -0.25) is 34.0 Å². The quantitative estimate of drug-likeness (QED) is 0.0955. The van der Waals surface area contributed by atoms with E-state index in [4.69, 9.17) is 0 Å². The minimum Gasteiger partial charge on any atom is -0.393 e. The Morgan fingerprint density at radius 2 is 0.524 bits per heavy atom. The number of fused-ring (bicyclic) bond motifs is 20. The first-order valence-corrected chi connectivity index (χ1v) is 53.1. The molecule has 0 radical (unpaired) electrons. The minimum atomic E-state index is -0.446. The monoisotopic (exact) mass is 1720 g/mol. The van der Waals surface area contributed by atoms with Gasteiger partial charge in [0.1, 0.15) is 11.6 Å². The number of amides is 1. The van der Waals surface area contributed by atoms with E-state index in [9.17, 15) is 45.0 Å². The van der Waals surface area contributed by atoms with Crippen molar-refractivity contribution in [2.45, 2.75) is 361 Å². The van der Waals surface area contributed by atoms with Crippen molar-refractivity contribution in [3.8, 4) is 0 Å². The fraction of sp³-hybridized carbons (Fsp3) is 0.917. The number of hydrogen-bond acceptors (Lipinski definition) is 14. The van der Waals surface area contributed by atoms with E-state index in [1.54, 1.807) is 6.92 Å². The summed E-state index contributed by atoms with van der Waals surface area (Å²) in [5.41, 5.74) is 3.76. The molecule has 4 saturated heterocycles. The van der Waals surface area contributed by atoms with Gasteiger partial charge in [0.2, 0.25) is 5.91 Å². The highest BCUT2D eigenvalue weighted by molar-refractivity contribution is 5.85. The molecular formula is C109H180N6O9. The molecule has 124 heavy (non-hydrogen) atoms. The number of aliphatic hydroxyl groups excluding tert-OH is 2. The molecule has 16 aliphatic carbocycles. The molecule has 700 valence electrons. The maximum absolute atomic E-state index is 13.5. The Bertz CT molecular complexity index is 3490. The lowest BCUT2D eigenvalue weighted by atomic mass is 9.49. The summed E-state index contributed by atoms with van der Waals surface area (Å²) in [5.74, 6) is 19.7. The lowest BCUT2D eigenvalue weighted by Gasteiger charge is -2.57. The third kappa shape index (κ3) is 18.9. The third-order valence-corrected chi connectivity index (χ3v) is 43.2. The molecule has 6 N–H and O–H groups in total. The van der Waals surface area contributed by atoms with Gasteiger partial charge >= 0.3 is 0 Å². The van der Waals surface area contributed by atoms with Crippen LogP contribution in [0.2, 0.25) is 0 Å². The zero-order valence-corrected chi connectivity index (χ0v) is 80.3. The molecule has 0 aromatic carbocycles. The molecule has 4 aliphatic heterocycles. The molecule has 0 bridgehead atoms. The normalized spacial score (nSPS) is 48.3. The van der Waals surface area contributed by atoms with Gasteiger partial charge in [-0.05, 0) is 443 Å². The van der Waals surface area contributed by atoms with E-state index in [2.05, 4.69) is 99.6 Å². The van der Waals surface area contributed by atoms with E-state index in [-0.39, 0.29) is 40.8 Å². The molecule has 20 rings (SSSR count). The fourth-order valence-electron chi connectivity index (χ4n) is 36.8. The van der Waals surface area contributed by atoms with Gasteiger partial charge in [0.15, 0.2) is 0 Å². The molecule has 0 aromatic rings.